The van der Waals surface area contributed by atoms with E-state index in [0.29, 0.717) is 0 Å². The molecule has 62 heavy (non-hydrogen) atoms. The fraction of sp³-hybridized carbons (Fsp3) is 0.644. The van der Waals surface area contributed by atoms with Crippen molar-refractivity contribution in [3.63, 3.8) is 0 Å². The molecule has 0 aliphatic carbocycles. The molecule has 16 atom stereocenters. The van der Waals surface area contributed by atoms with Gasteiger partial charge in [0.05, 0.1) is 74.1 Å². The van der Waals surface area contributed by atoms with Gasteiger partial charge in [0.2, 0.25) is 0 Å². The summed E-state index contributed by atoms with van der Waals surface area (Å²) in [5, 5.41) is 117. The highest BCUT2D eigenvalue weighted by Gasteiger charge is 2.50. The van der Waals surface area contributed by atoms with E-state index in [1.54, 1.807) is 73.8 Å². The number of hydrogen-bond donors (Lipinski definition) is 11. The van der Waals surface area contributed by atoms with Crippen LogP contribution in [0.3, 0.4) is 0 Å². The topological polar surface area (TPSA) is 294 Å². The fourth-order valence-corrected chi connectivity index (χ4v) is 7.46. The summed E-state index contributed by atoms with van der Waals surface area (Å²) in [5.74, 6) is -6.24. The first-order valence-electron chi connectivity index (χ1n) is 21.3. The van der Waals surface area contributed by atoms with E-state index in [1.807, 2.05) is 25.2 Å². The summed E-state index contributed by atoms with van der Waals surface area (Å²) >= 11 is 0. The lowest BCUT2D eigenvalue weighted by atomic mass is 9.82. The number of aliphatic hydroxyl groups excluding tert-OH is 9. The minimum Gasteiger partial charge on any atom is -0.481 e. The van der Waals surface area contributed by atoms with Gasteiger partial charge >= 0.3 is 11.9 Å². The van der Waals surface area contributed by atoms with Crippen LogP contribution in [0.2, 0.25) is 0 Å². The second-order valence-electron chi connectivity index (χ2n) is 16.5. The number of carboxylic acid groups (broad SMARTS) is 1. The predicted molar refractivity (Wildman–Crippen MR) is 224 cm³/mol. The second kappa shape index (κ2) is 27.0. The Morgan fingerprint density at radius 1 is 0.629 bits per heavy atom. The molecule has 0 spiro atoms. The highest BCUT2D eigenvalue weighted by Crippen LogP contribution is 2.38. The minimum absolute atomic E-state index is 0.0398. The summed E-state index contributed by atoms with van der Waals surface area (Å²) in [5.41, 5.74) is 0. The smallest absolute Gasteiger partial charge is 0.311 e. The summed E-state index contributed by atoms with van der Waals surface area (Å²) in [7, 11) is 0. The number of carbonyl (C=O) groups is 2. The second-order valence-corrected chi connectivity index (χ2v) is 16.5. The molecular weight excluding hydrogens is 812 g/mol. The Hall–Kier alpha value is -3.40. The first-order chi connectivity index (χ1) is 29.3. The number of fused-ring (bicyclic) bond motifs is 2. The lowest BCUT2D eigenvalue weighted by molar-refractivity contribution is -0.305. The number of aliphatic hydroxyl groups is 10. The molecule has 3 aliphatic rings. The van der Waals surface area contributed by atoms with Crippen LogP contribution in [0.15, 0.2) is 85.1 Å². The van der Waals surface area contributed by atoms with Crippen LogP contribution in [0.5, 0.6) is 0 Å². The highest BCUT2D eigenvalue weighted by atomic mass is 16.7. The summed E-state index contributed by atoms with van der Waals surface area (Å²) in [6.07, 6.45) is 5.77. The molecule has 2 bridgehead atoms. The van der Waals surface area contributed by atoms with E-state index in [0.717, 1.165) is 0 Å². The normalized spacial score (nSPS) is 43.5. The van der Waals surface area contributed by atoms with Gasteiger partial charge in [-0.1, -0.05) is 92.0 Å². The van der Waals surface area contributed by atoms with Crippen molar-refractivity contribution in [3.05, 3.63) is 85.1 Å². The molecule has 11 N–H and O–H groups in total. The van der Waals surface area contributed by atoms with Crippen molar-refractivity contribution in [3.8, 4) is 0 Å². The molecule has 350 valence electrons. The molecule has 8 unspecified atom stereocenters. The molecule has 17 nitrogen and oxygen atoms in total. The van der Waals surface area contributed by atoms with Gasteiger partial charge in [-0.15, -0.1) is 0 Å². The molecule has 17 heteroatoms. The van der Waals surface area contributed by atoms with Crippen molar-refractivity contribution in [1.82, 2.24) is 0 Å². The van der Waals surface area contributed by atoms with Gasteiger partial charge in [-0.2, -0.15) is 0 Å². The first-order valence-corrected chi connectivity index (χ1v) is 21.3. The Morgan fingerprint density at radius 3 is 1.81 bits per heavy atom. The molecule has 3 heterocycles. The zero-order valence-electron chi connectivity index (χ0n) is 35.4. The summed E-state index contributed by atoms with van der Waals surface area (Å²) in [6, 6.07) is 0. The van der Waals surface area contributed by atoms with Crippen LogP contribution >= 0.6 is 0 Å². The van der Waals surface area contributed by atoms with Gasteiger partial charge in [-0.3, -0.25) is 9.59 Å². The number of hydrogen-bond acceptors (Lipinski definition) is 16. The Labute approximate surface area is 362 Å². The minimum atomic E-state index is -2.29. The summed E-state index contributed by atoms with van der Waals surface area (Å²) in [6.45, 7) is 3.32. The van der Waals surface area contributed by atoms with E-state index < -0.39 is 129 Å². The van der Waals surface area contributed by atoms with E-state index >= 15 is 0 Å². The monoisotopic (exact) mass is 880 g/mol. The standard InChI is InChI=1S/C45H68O17/c1-28-15-13-11-9-7-5-3-4-6-8-10-12-14-16-34(61-44-38(53)22-33(49)27-59-44)24-40-42(43(56)57)39(54)26-45(58,62-40)25-32(48)21-37(52)35(50)18-17-30(46)20-31(47)23-41(55)60-29(2)19-36(28)51/h3-16,28-40,42,44,46-54,58H,17-27H2,1-2H3,(H,56,57)/b4-3+,7-5+,8-6+,11-9+,12-10+,15-13+,16-14+/t28-,29-,30?,31?,32?,33-,34?,35?,36-,37?,38-,39-,40-,42+,44?,45?/m0/s1. The number of esters is 1. The van der Waals surface area contributed by atoms with Gasteiger partial charge in [0.25, 0.3) is 0 Å². The number of carbonyl (C=O) groups excluding carboxylic acids is 1. The quantitative estimate of drug-likeness (QED) is 0.177. The van der Waals surface area contributed by atoms with Gasteiger partial charge in [0.1, 0.15) is 18.1 Å². The van der Waals surface area contributed by atoms with Crippen LogP contribution in [-0.2, 0) is 28.5 Å². The van der Waals surface area contributed by atoms with Gasteiger partial charge in [0.15, 0.2) is 12.1 Å². The Morgan fingerprint density at radius 2 is 1.21 bits per heavy atom. The van der Waals surface area contributed by atoms with Crippen molar-refractivity contribution >= 4 is 11.9 Å². The van der Waals surface area contributed by atoms with Crippen molar-refractivity contribution in [2.75, 3.05) is 6.61 Å². The maximum absolute atomic E-state index is 12.5. The third-order valence-electron chi connectivity index (χ3n) is 10.8. The highest BCUT2D eigenvalue weighted by molar-refractivity contribution is 5.71. The molecule has 0 saturated carbocycles. The largest absolute Gasteiger partial charge is 0.481 e. The third kappa shape index (κ3) is 19.6. The van der Waals surface area contributed by atoms with Crippen LogP contribution in [0.4, 0.5) is 0 Å². The number of cyclic esters (lactones) is 1. The molecule has 2 saturated heterocycles. The average molecular weight is 881 g/mol. The maximum atomic E-state index is 12.5. The van der Waals surface area contributed by atoms with E-state index in [9.17, 15) is 65.8 Å². The van der Waals surface area contributed by atoms with Crippen molar-refractivity contribution in [2.24, 2.45) is 11.8 Å². The van der Waals surface area contributed by atoms with Crippen molar-refractivity contribution in [1.29, 1.82) is 0 Å². The summed E-state index contributed by atoms with van der Waals surface area (Å²) in [4.78, 5) is 24.8. The molecule has 0 aromatic carbocycles. The molecule has 3 aliphatic heterocycles. The average Bonchev–Trinajstić information content (AvgIpc) is 3.16. The Kier molecular flexibility index (Phi) is 23.1. The fourth-order valence-electron chi connectivity index (χ4n) is 7.46. The summed E-state index contributed by atoms with van der Waals surface area (Å²) < 4.78 is 22.7. The zero-order chi connectivity index (χ0) is 45.8. The number of rotatable bonds is 3. The molecule has 0 radical (unpaired) electrons. The van der Waals surface area contributed by atoms with Crippen LogP contribution in [0, 0.1) is 11.8 Å². The molecule has 2 fully saturated rings. The SMILES string of the molecule is C[C@H]1C[C@H](O)[C@@H](C)/C=C/C=C/C=C/C=C/C=C/C=C/C=C/C(OC2OC[C@@H](O)C[C@@H]2O)C[C@@H]2OC(O)(CC(O)CC(O)C(O)CCC(O)CC(O)CC(=O)O1)C[C@H](O)[C@H]2C(=O)O. The van der Waals surface area contributed by atoms with E-state index in [-0.39, 0.29) is 51.0 Å². The van der Waals surface area contributed by atoms with E-state index in [1.165, 1.54) is 0 Å². The third-order valence-corrected chi connectivity index (χ3v) is 10.8. The lowest BCUT2D eigenvalue weighted by Crippen LogP contribution is -2.56. The maximum Gasteiger partial charge on any atom is 0.311 e. The van der Waals surface area contributed by atoms with Crippen LogP contribution in [0.1, 0.15) is 78.1 Å². The van der Waals surface area contributed by atoms with Gasteiger partial charge in [-0.25, -0.2) is 0 Å². The van der Waals surface area contributed by atoms with Gasteiger partial charge in [-0.05, 0) is 26.2 Å². The van der Waals surface area contributed by atoms with Gasteiger partial charge in [0, 0.05) is 44.4 Å². The molecule has 0 amide bonds. The number of ether oxygens (including phenoxy) is 4. The molecule has 0 aromatic rings. The Bertz CT molecular complexity index is 1560. The van der Waals surface area contributed by atoms with Crippen LogP contribution < -0.4 is 0 Å². The number of carboxylic acids is 1. The molecule has 3 rings (SSSR count). The van der Waals surface area contributed by atoms with Crippen molar-refractivity contribution < 1.29 is 84.7 Å². The molecule has 0 aromatic heterocycles. The Balaban J connectivity index is 1.81. The van der Waals surface area contributed by atoms with Crippen molar-refractivity contribution in [2.45, 2.75) is 163 Å². The van der Waals surface area contributed by atoms with Crippen LogP contribution in [-0.4, -0.2) is 160 Å². The van der Waals surface area contributed by atoms with Gasteiger partial charge < -0.3 is 75.1 Å². The van der Waals surface area contributed by atoms with Crippen LogP contribution in [0.25, 0.3) is 0 Å². The predicted octanol–water partition coefficient (Wildman–Crippen LogP) is 1.14. The lowest BCUT2D eigenvalue weighted by Gasteiger charge is -2.44. The number of allylic oxidation sites excluding steroid dienone is 12. The number of aliphatic carboxylic acids is 1. The van der Waals surface area contributed by atoms with E-state index in [4.69, 9.17) is 18.9 Å². The first kappa shape index (κ1) is 52.9. The molecular formula is C45H68O17. The van der Waals surface area contributed by atoms with E-state index in [2.05, 4.69) is 0 Å². The zero-order valence-corrected chi connectivity index (χ0v) is 35.4.